The first kappa shape index (κ1) is 40.0. The quantitative estimate of drug-likeness (QED) is 0.111. The van der Waals surface area contributed by atoms with E-state index in [9.17, 15) is 59.3 Å². The van der Waals surface area contributed by atoms with E-state index in [1.807, 2.05) is 4.90 Å². The number of aliphatic carboxylic acids is 1. The number of rotatable bonds is 11. The zero-order valence-electron chi connectivity index (χ0n) is 29.2. The summed E-state index contributed by atoms with van der Waals surface area (Å²) in [5.74, 6) is -1.39. The molecule has 16 nitrogen and oxygen atoms in total. The van der Waals surface area contributed by atoms with Crippen molar-refractivity contribution in [2.75, 3.05) is 11.4 Å². The fraction of sp³-hybridized carbons (Fsp3) is 0.314. The molecule has 2 aliphatic heterocycles. The molecule has 5 N–H and O–H groups in total. The number of aliphatic imine (C=N–C) groups is 1. The predicted octanol–water partition coefficient (Wildman–Crippen LogP) is 5.21. The van der Waals surface area contributed by atoms with Crippen LogP contribution >= 0.6 is 0 Å². The van der Waals surface area contributed by atoms with Crippen LogP contribution < -0.4 is 4.90 Å². The van der Waals surface area contributed by atoms with Crippen LogP contribution in [0.5, 0.6) is 0 Å². The molecule has 2 heterocycles. The molecule has 0 saturated carbocycles. The number of allylic oxidation sites excluding steroid dienone is 6. The molecular formula is C35H34N4O12S3. The highest BCUT2D eigenvalue weighted by molar-refractivity contribution is 7.86. The Balaban J connectivity index is 1.70. The number of carboxylic acid groups (broad SMARTS) is 1. The fourth-order valence-electron chi connectivity index (χ4n) is 6.96. The predicted molar refractivity (Wildman–Crippen MR) is 193 cm³/mol. The topological polar surface area (TPSA) is 284 Å². The molecule has 0 radical (unpaired) electrons. The summed E-state index contributed by atoms with van der Waals surface area (Å²) in [6.07, 6.45) is 4.11. The molecule has 54 heavy (non-hydrogen) atoms. The molecule has 0 spiro atoms. The summed E-state index contributed by atoms with van der Waals surface area (Å²) >= 11 is 0. The molecule has 0 fully saturated rings. The van der Waals surface area contributed by atoms with Crippen molar-refractivity contribution in [3.63, 3.8) is 0 Å². The van der Waals surface area contributed by atoms with Crippen LogP contribution in [-0.2, 0) is 46.0 Å². The Hall–Kier alpha value is -5.15. The number of carboxylic acids is 1. The highest BCUT2D eigenvalue weighted by atomic mass is 32.2. The van der Waals surface area contributed by atoms with Crippen LogP contribution in [-0.4, -0.2) is 67.4 Å². The molecule has 284 valence electrons. The Kier molecular flexibility index (Phi) is 10.1. The molecule has 1 aliphatic carbocycles. The number of anilines is 1. The third-order valence-corrected chi connectivity index (χ3v) is 12.3. The molecule has 0 unspecified atom stereocenters. The first-order valence-electron chi connectivity index (χ1n) is 16.1. The lowest BCUT2D eigenvalue weighted by molar-refractivity contribution is -0.137. The van der Waals surface area contributed by atoms with E-state index >= 15 is 0 Å². The van der Waals surface area contributed by atoms with Crippen LogP contribution in [0.3, 0.4) is 0 Å². The lowest BCUT2D eigenvalue weighted by Gasteiger charge is -2.31. The highest BCUT2D eigenvalue weighted by Gasteiger charge is 2.45. The summed E-state index contributed by atoms with van der Waals surface area (Å²) < 4.78 is 103. The van der Waals surface area contributed by atoms with Crippen molar-refractivity contribution in [2.45, 2.75) is 78.9 Å². The molecule has 0 atom stereocenters. The molecule has 0 amide bonds. The number of aliphatic hydroxyl groups excluding tert-OH is 1. The van der Waals surface area contributed by atoms with Gasteiger partial charge >= 0.3 is 5.97 Å². The summed E-state index contributed by atoms with van der Waals surface area (Å²) in [5, 5.41) is 40.6. The monoisotopic (exact) mass is 798 g/mol. The van der Waals surface area contributed by atoms with Gasteiger partial charge < -0.3 is 15.1 Å². The lowest BCUT2D eigenvalue weighted by Crippen LogP contribution is -2.29. The number of benzene rings is 2. The molecule has 0 saturated heterocycles. The number of nitrogens with zero attached hydrogens (tertiary/aromatic N) is 4. The third kappa shape index (κ3) is 6.97. The standard InChI is InChI=1S/C35H34N4O12S3/c1-34(2)23-14-20(52(43,44)45)9-10-24(23)39(13-7-5-6-8-29(40)41)28(34)16-22-30(19(17-36)18-37)21(33(22)42)15-27-35(3,4)31-25(53(46,47)48)11-12-26(32(31)38-27)54(49,50)51/h9-12,14-16,42H,5-8,13H2,1-4H3,(H,40,41)(H,43,44,45)(H,46,47,48)(H,49,50,51). The second-order valence-electron chi connectivity index (χ2n) is 13.8. The summed E-state index contributed by atoms with van der Waals surface area (Å²) in [7, 11) is -14.5. The van der Waals surface area contributed by atoms with Crippen molar-refractivity contribution >= 4 is 53.4 Å². The van der Waals surface area contributed by atoms with Crippen molar-refractivity contribution in [2.24, 2.45) is 4.99 Å². The summed E-state index contributed by atoms with van der Waals surface area (Å²) in [4.78, 5) is 15.4. The minimum atomic E-state index is -4.96. The van der Waals surface area contributed by atoms with Crippen molar-refractivity contribution < 1.29 is 53.9 Å². The lowest BCUT2D eigenvalue weighted by atomic mass is 9.74. The summed E-state index contributed by atoms with van der Waals surface area (Å²) in [5.41, 5.74) is -2.34. The molecule has 0 aromatic heterocycles. The minimum absolute atomic E-state index is 0.0206. The Morgan fingerprint density at radius 2 is 1.46 bits per heavy atom. The molecular weight excluding hydrogens is 765 g/mol. The van der Waals surface area contributed by atoms with Crippen molar-refractivity contribution in [3.05, 3.63) is 87.4 Å². The fourth-order valence-corrected chi connectivity index (χ4v) is 8.95. The second-order valence-corrected chi connectivity index (χ2v) is 18.0. The van der Waals surface area contributed by atoms with Gasteiger partial charge in [0.15, 0.2) is 0 Å². The van der Waals surface area contributed by atoms with Crippen LogP contribution in [0.4, 0.5) is 11.4 Å². The maximum Gasteiger partial charge on any atom is 0.303 e. The molecule has 0 bridgehead atoms. The van der Waals surface area contributed by atoms with Gasteiger partial charge in [-0.25, -0.2) is 0 Å². The SMILES string of the molecule is CC1(C)C(=CC2=C(O)C(=CC3=Nc4c(S(=O)(=O)O)ccc(S(=O)(=O)O)c4C3(C)C)C2=C(C#N)C#N)N(CCCCCC(=O)O)c2ccc(S(=O)(=O)O)cc21. The van der Waals surface area contributed by atoms with E-state index in [1.165, 1.54) is 44.2 Å². The average molecular weight is 799 g/mol. The Morgan fingerprint density at radius 3 is 2.02 bits per heavy atom. The van der Waals surface area contributed by atoms with Gasteiger partial charge in [0.05, 0.1) is 16.3 Å². The Labute approximate surface area is 311 Å². The highest BCUT2D eigenvalue weighted by Crippen LogP contribution is 2.53. The van der Waals surface area contributed by atoms with E-state index < -0.39 is 74.0 Å². The van der Waals surface area contributed by atoms with E-state index in [1.54, 1.807) is 26.0 Å². The van der Waals surface area contributed by atoms with Gasteiger partial charge in [-0.1, -0.05) is 34.1 Å². The number of carbonyl (C=O) groups is 1. The normalized spacial score (nSPS) is 18.9. The number of fused-ring (bicyclic) bond motifs is 2. The van der Waals surface area contributed by atoms with Gasteiger partial charge in [0, 0.05) is 57.5 Å². The number of nitriles is 2. The van der Waals surface area contributed by atoms with Crippen LogP contribution in [0.1, 0.15) is 64.5 Å². The first-order valence-corrected chi connectivity index (χ1v) is 20.4. The number of hydrogen-bond donors (Lipinski definition) is 5. The Morgan fingerprint density at radius 1 is 0.852 bits per heavy atom. The average Bonchev–Trinajstić information content (AvgIpc) is 3.44. The first-order chi connectivity index (χ1) is 24.9. The molecule has 2 aromatic rings. The largest absolute Gasteiger partial charge is 0.507 e. The van der Waals surface area contributed by atoms with Crippen molar-refractivity contribution in [1.29, 1.82) is 10.5 Å². The van der Waals surface area contributed by atoms with Crippen LogP contribution in [0.25, 0.3) is 0 Å². The van der Waals surface area contributed by atoms with E-state index in [4.69, 9.17) is 5.11 Å². The van der Waals surface area contributed by atoms with Gasteiger partial charge in [-0.2, -0.15) is 35.8 Å². The summed E-state index contributed by atoms with van der Waals surface area (Å²) in [6.45, 7) is 6.72. The van der Waals surface area contributed by atoms with Crippen LogP contribution in [0.2, 0.25) is 0 Å². The van der Waals surface area contributed by atoms with Gasteiger partial charge in [-0.3, -0.25) is 23.4 Å². The zero-order chi connectivity index (χ0) is 40.3. The summed E-state index contributed by atoms with van der Waals surface area (Å²) in [6, 6.07) is 9.21. The van der Waals surface area contributed by atoms with Gasteiger partial charge in [0.2, 0.25) is 0 Å². The maximum absolute atomic E-state index is 12.3. The van der Waals surface area contributed by atoms with Crippen LogP contribution in [0, 0.1) is 22.7 Å². The van der Waals surface area contributed by atoms with E-state index in [0.29, 0.717) is 42.8 Å². The molecule has 19 heteroatoms. The zero-order valence-corrected chi connectivity index (χ0v) is 31.6. The van der Waals surface area contributed by atoms with Gasteiger partial charge in [-0.15, -0.1) is 0 Å². The number of aliphatic hydroxyl groups is 1. The molecule has 2 aromatic carbocycles. The van der Waals surface area contributed by atoms with Crippen molar-refractivity contribution in [3.8, 4) is 12.1 Å². The van der Waals surface area contributed by atoms with E-state index in [-0.39, 0.29) is 39.3 Å². The molecule has 5 rings (SSSR count). The second kappa shape index (κ2) is 13.6. The van der Waals surface area contributed by atoms with Crippen LogP contribution in [0.15, 0.2) is 95.9 Å². The van der Waals surface area contributed by atoms with Gasteiger partial charge in [-0.05, 0) is 60.9 Å². The van der Waals surface area contributed by atoms with E-state index in [2.05, 4.69) is 4.99 Å². The van der Waals surface area contributed by atoms with Crippen molar-refractivity contribution in [1.82, 2.24) is 0 Å². The Bertz CT molecular complexity index is 2600. The number of hydrogen-bond acceptors (Lipinski definition) is 12. The van der Waals surface area contributed by atoms with Gasteiger partial charge in [0.1, 0.15) is 33.3 Å². The smallest absolute Gasteiger partial charge is 0.303 e. The van der Waals surface area contributed by atoms with E-state index in [0.717, 1.165) is 12.1 Å². The molecule has 3 aliphatic rings. The minimum Gasteiger partial charge on any atom is -0.507 e. The third-order valence-electron chi connectivity index (χ3n) is 9.67. The van der Waals surface area contributed by atoms with Gasteiger partial charge in [0.25, 0.3) is 30.4 Å². The number of unbranched alkanes of at least 4 members (excludes halogenated alkanes) is 2. The maximum atomic E-state index is 12.3.